The van der Waals surface area contributed by atoms with Crippen LogP contribution in [0.5, 0.6) is 17.2 Å². The van der Waals surface area contributed by atoms with Crippen LogP contribution in [0.15, 0.2) is 12.1 Å². The van der Waals surface area contributed by atoms with Crippen molar-refractivity contribution < 1.29 is 24.1 Å². The maximum Gasteiger partial charge on any atom is 0.239 e. The Hall–Kier alpha value is -1.99. The van der Waals surface area contributed by atoms with Crippen molar-refractivity contribution in [3.8, 4) is 17.2 Å². The number of rotatable bonds is 6. The van der Waals surface area contributed by atoms with Gasteiger partial charge in [-0.25, -0.2) is 0 Å². The summed E-state index contributed by atoms with van der Waals surface area (Å²) in [5.74, 6) is 1.59. The molecule has 1 aliphatic heterocycles. The Morgan fingerprint density at radius 1 is 1.41 bits per heavy atom. The number of hydrogen-bond acceptors (Lipinski definition) is 6. The van der Waals surface area contributed by atoms with E-state index in [1.165, 1.54) is 6.92 Å². The molecule has 122 valence electrons. The second-order valence-electron chi connectivity index (χ2n) is 5.40. The van der Waals surface area contributed by atoms with Gasteiger partial charge >= 0.3 is 0 Å². The lowest BCUT2D eigenvalue weighted by atomic mass is 10.0. The molecule has 1 amide bonds. The minimum atomic E-state index is -0.943. The number of carbonyl (C=O) groups is 1. The third kappa shape index (κ3) is 3.61. The van der Waals surface area contributed by atoms with E-state index in [0.29, 0.717) is 23.7 Å². The molecular formula is C15H22N2O5. The first-order chi connectivity index (χ1) is 10.4. The van der Waals surface area contributed by atoms with Crippen LogP contribution in [-0.4, -0.2) is 43.1 Å². The summed E-state index contributed by atoms with van der Waals surface area (Å²) in [5, 5.41) is 12.1. The lowest BCUT2D eigenvalue weighted by Crippen LogP contribution is -2.50. The zero-order chi connectivity index (χ0) is 16.3. The number of methoxy groups -OCH3 is 1. The van der Waals surface area contributed by atoms with Crippen molar-refractivity contribution in [1.82, 2.24) is 5.32 Å². The van der Waals surface area contributed by atoms with Gasteiger partial charge in [-0.1, -0.05) is 0 Å². The minimum absolute atomic E-state index is 0.174. The first kappa shape index (κ1) is 16.4. The number of nitrogens with one attached hydrogen (secondary N) is 1. The summed E-state index contributed by atoms with van der Waals surface area (Å²) < 4.78 is 16.0. The van der Waals surface area contributed by atoms with Gasteiger partial charge in [0.05, 0.1) is 13.2 Å². The van der Waals surface area contributed by atoms with Crippen LogP contribution in [0.4, 0.5) is 0 Å². The van der Waals surface area contributed by atoms with Gasteiger partial charge in [0.1, 0.15) is 11.8 Å². The van der Waals surface area contributed by atoms with Gasteiger partial charge in [0.15, 0.2) is 11.5 Å². The van der Waals surface area contributed by atoms with Gasteiger partial charge in [0.2, 0.25) is 12.7 Å². The van der Waals surface area contributed by atoms with Gasteiger partial charge < -0.3 is 30.4 Å². The maximum absolute atomic E-state index is 11.9. The van der Waals surface area contributed by atoms with E-state index in [2.05, 4.69) is 5.32 Å². The van der Waals surface area contributed by atoms with E-state index in [1.54, 1.807) is 13.2 Å². The fraction of sp³-hybridized carbons (Fsp3) is 0.533. The number of fused-ring (bicyclic) bond motifs is 1. The summed E-state index contributed by atoms with van der Waals surface area (Å²) in [4.78, 5) is 11.9. The summed E-state index contributed by atoms with van der Waals surface area (Å²) in [6.07, 6.45) is -0.356. The molecule has 3 unspecified atom stereocenters. The molecule has 3 atom stereocenters. The molecule has 0 aromatic heterocycles. The third-order valence-corrected chi connectivity index (χ3v) is 3.51. The lowest BCUT2D eigenvalue weighted by Gasteiger charge is -2.20. The molecule has 1 aromatic rings. The largest absolute Gasteiger partial charge is 0.496 e. The van der Waals surface area contributed by atoms with Crippen LogP contribution < -0.4 is 25.3 Å². The zero-order valence-electron chi connectivity index (χ0n) is 13.0. The molecule has 2 rings (SSSR count). The first-order valence-electron chi connectivity index (χ1n) is 7.13. The third-order valence-electron chi connectivity index (χ3n) is 3.51. The molecule has 7 nitrogen and oxygen atoms in total. The Kier molecular flexibility index (Phi) is 5.10. The number of benzene rings is 1. The maximum atomic E-state index is 11.9. The molecule has 1 aliphatic rings. The number of ether oxygens (including phenoxy) is 3. The quantitative estimate of drug-likeness (QED) is 0.692. The van der Waals surface area contributed by atoms with Crippen LogP contribution in [0.1, 0.15) is 19.4 Å². The highest BCUT2D eigenvalue weighted by atomic mass is 16.7. The number of hydrogen-bond donors (Lipinski definition) is 3. The van der Waals surface area contributed by atoms with Gasteiger partial charge in [-0.05, 0) is 26.3 Å². The van der Waals surface area contributed by atoms with E-state index in [4.69, 9.17) is 19.9 Å². The molecular weight excluding hydrogens is 288 g/mol. The summed E-state index contributed by atoms with van der Waals surface area (Å²) in [7, 11) is 1.58. The van der Waals surface area contributed by atoms with Gasteiger partial charge in [0, 0.05) is 17.7 Å². The molecule has 0 bridgehead atoms. The molecule has 0 spiro atoms. The monoisotopic (exact) mass is 310 g/mol. The van der Waals surface area contributed by atoms with E-state index >= 15 is 0 Å². The smallest absolute Gasteiger partial charge is 0.239 e. The zero-order valence-corrected chi connectivity index (χ0v) is 13.0. The molecule has 4 N–H and O–H groups in total. The van der Waals surface area contributed by atoms with E-state index in [-0.39, 0.29) is 18.7 Å². The van der Waals surface area contributed by atoms with Crippen LogP contribution in [0.2, 0.25) is 0 Å². The number of amides is 1. The molecule has 0 saturated carbocycles. The number of nitrogens with two attached hydrogens (primary N) is 1. The second kappa shape index (κ2) is 6.85. The van der Waals surface area contributed by atoms with E-state index in [9.17, 15) is 9.90 Å². The van der Waals surface area contributed by atoms with Crippen LogP contribution in [0, 0.1) is 0 Å². The van der Waals surface area contributed by atoms with Crippen LogP contribution in [-0.2, 0) is 11.2 Å². The van der Waals surface area contributed by atoms with Crippen molar-refractivity contribution in [2.45, 2.75) is 38.5 Å². The molecule has 0 saturated heterocycles. The van der Waals surface area contributed by atoms with Crippen molar-refractivity contribution in [2.24, 2.45) is 5.73 Å². The Morgan fingerprint density at radius 3 is 2.64 bits per heavy atom. The molecule has 0 radical (unpaired) electrons. The van der Waals surface area contributed by atoms with Crippen LogP contribution in [0.3, 0.4) is 0 Å². The Morgan fingerprint density at radius 2 is 2.05 bits per heavy atom. The summed E-state index contributed by atoms with van der Waals surface area (Å²) >= 11 is 0. The summed E-state index contributed by atoms with van der Waals surface area (Å²) in [6, 6.07) is 2.50. The van der Waals surface area contributed by atoms with Gasteiger partial charge in [-0.3, -0.25) is 4.79 Å². The van der Waals surface area contributed by atoms with Crippen molar-refractivity contribution in [3.63, 3.8) is 0 Å². The molecule has 22 heavy (non-hydrogen) atoms. The molecule has 7 heteroatoms. The fourth-order valence-corrected chi connectivity index (χ4v) is 2.25. The Labute approximate surface area is 129 Å². The number of carbonyl (C=O) groups excluding carboxylic acids is 1. The Bertz CT molecular complexity index is 547. The molecule has 0 aliphatic carbocycles. The van der Waals surface area contributed by atoms with E-state index in [0.717, 1.165) is 5.56 Å². The number of aliphatic hydroxyl groups excluding tert-OH is 1. The van der Waals surface area contributed by atoms with Crippen LogP contribution in [0.25, 0.3) is 0 Å². The van der Waals surface area contributed by atoms with Gasteiger partial charge in [-0.15, -0.1) is 0 Å². The highest BCUT2D eigenvalue weighted by Crippen LogP contribution is 2.38. The predicted octanol–water partition coefficient (Wildman–Crippen LogP) is 0.179. The molecule has 1 heterocycles. The van der Waals surface area contributed by atoms with E-state index in [1.807, 2.05) is 13.0 Å². The normalized spacial score (nSPS) is 16.8. The molecule has 1 aromatic carbocycles. The minimum Gasteiger partial charge on any atom is -0.496 e. The van der Waals surface area contributed by atoms with Crippen molar-refractivity contribution in [2.75, 3.05) is 13.9 Å². The Balaban J connectivity index is 2.05. The highest BCUT2D eigenvalue weighted by molar-refractivity contribution is 5.82. The standard InChI is InChI=1S/C15H22N2O5/c1-8(17-15(19)14(16)9(2)18)4-10-5-12-13(22-7-21-12)6-11(10)20-3/h5-6,8-9,14,18H,4,7,16H2,1-3H3,(H,17,19). The molecule has 0 fully saturated rings. The second-order valence-corrected chi connectivity index (χ2v) is 5.40. The highest BCUT2D eigenvalue weighted by Gasteiger charge is 2.22. The van der Waals surface area contributed by atoms with Crippen molar-refractivity contribution in [3.05, 3.63) is 17.7 Å². The topological polar surface area (TPSA) is 103 Å². The van der Waals surface area contributed by atoms with Crippen molar-refractivity contribution in [1.29, 1.82) is 0 Å². The first-order valence-corrected chi connectivity index (χ1v) is 7.13. The van der Waals surface area contributed by atoms with Crippen molar-refractivity contribution >= 4 is 5.91 Å². The average molecular weight is 310 g/mol. The SMILES string of the molecule is COc1cc2c(cc1CC(C)NC(=O)C(N)C(C)O)OCO2. The summed E-state index contributed by atoms with van der Waals surface area (Å²) in [6.45, 7) is 3.53. The predicted molar refractivity (Wildman–Crippen MR) is 80.1 cm³/mol. The van der Waals surface area contributed by atoms with E-state index < -0.39 is 12.1 Å². The van der Waals surface area contributed by atoms with Gasteiger partial charge in [-0.2, -0.15) is 0 Å². The average Bonchev–Trinajstić information content (AvgIpc) is 2.92. The van der Waals surface area contributed by atoms with Crippen LogP contribution >= 0.6 is 0 Å². The number of aliphatic hydroxyl groups is 1. The fourth-order valence-electron chi connectivity index (χ4n) is 2.25. The van der Waals surface area contributed by atoms with Gasteiger partial charge in [0.25, 0.3) is 0 Å². The lowest BCUT2D eigenvalue weighted by molar-refractivity contribution is -0.125. The summed E-state index contributed by atoms with van der Waals surface area (Å²) in [5.41, 5.74) is 6.50.